The first-order valence-electron chi connectivity index (χ1n) is 12.5. The molecule has 0 spiro atoms. The minimum absolute atomic E-state index is 0.0349. The molecule has 2 saturated heterocycles. The largest absolute Gasteiger partial charge is 0.386 e. The molecule has 0 bridgehead atoms. The van der Waals surface area contributed by atoms with Crippen LogP contribution in [0.25, 0.3) is 22.3 Å². The molecule has 4 aromatic heterocycles. The molecule has 0 aliphatic carbocycles. The summed E-state index contributed by atoms with van der Waals surface area (Å²) in [4.78, 5) is 44.2. The van der Waals surface area contributed by atoms with E-state index in [9.17, 15) is 23.2 Å². The van der Waals surface area contributed by atoms with Gasteiger partial charge in [0.15, 0.2) is 22.6 Å². The summed E-state index contributed by atoms with van der Waals surface area (Å²) in [5.41, 5.74) is 6.35. The lowest BCUT2D eigenvalue weighted by molar-refractivity contribution is -0.0415. The van der Waals surface area contributed by atoms with Gasteiger partial charge in [-0.15, -0.1) is 0 Å². The Morgan fingerprint density at radius 3 is 2.40 bits per heavy atom. The number of H-pyrrole nitrogens is 1. The van der Waals surface area contributed by atoms with Crippen molar-refractivity contribution in [3.63, 3.8) is 0 Å². The smallest absolute Gasteiger partial charge is 0.382 e. The molecule has 6 heterocycles. The number of halogens is 1. The van der Waals surface area contributed by atoms with Crippen molar-refractivity contribution in [2.75, 3.05) is 18.9 Å². The van der Waals surface area contributed by atoms with E-state index in [1.54, 1.807) is 0 Å². The Balaban J connectivity index is 1.13. The van der Waals surface area contributed by atoms with Gasteiger partial charge in [0.2, 0.25) is 0 Å². The van der Waals surface area contributed by atoms with Gasteiger partial charge in [-0.2, -0.15) is 0 Å². The van der Waals surface area contributed by atoms with Crippen molar-refractivity contribution < 1.29 is 41.5 Å². The summed E-state index contributed by atoms with van der Waals surface area (Å²) in [7, 11) is 0. The van der Waals surface area contributed by atoms with E-state index in [1.807, 2.05) is 0 Å². The van der Waals surface area contributed by atoms with Crippen LogP contribution in [0.2, 0.25) is 0 Å². The minimum atomic E-state index is -4.21. The number of rotatable bonds is 10. The van der Waals surface area contributed by atoms with Crippen LogP contribution in [0, 0.1) is 0 Å². The summed E-state index contributed by atoms with van der Waals surface area (Å²) in [5, 5.41) is 0. The highest BCUT2D eigenvalue weighted by Crippen LogP contribution is 2.57. The maximum Gasteiger partial charge on any atom is 0.386 e. The predicted octanol–water partition coefficient (Wildman–Crippen LogP) is 1.94. The summed E-state index contributed by atoms with van der Waals surface area (Å²) in [5.74, 6) is 0.146. The standard InChI is InChI=1S/C20H24FN9O9P2S2/c21-9-1-13(29-8-28-16-19(29)25-6-26-20(16)31)37-11(9)3-36-41(34,43)39-10-2-14(38-12(10)4-35-40(32,33)42)30-7-27-15-17(22)23-5-24-18(15)30/h5-14H,1-4H2,(H,34,43)(H2,22,23,24)(H,25,26,31)(H2,32,33,42)/t9?,10-,11?,12?,13?,14?,41?/m0/s1. The fourth-order valence-electron chi connectivity index (χ4n) is 4.84. The number of thiol groups is 2. The van der Waals surface area contributed by atoms with Gasteiger partial charge in [0.05, 0.1) is 32.2 Å². The highest BCUT2D eigenvalue weighted by Gasteiger charge is 2.44. The second-order valence-electron chi connectivity index (χ2n) is 9.58. The summed E-state index contributed by atoms with van der Waals surface area (Å²) >= 11 is 7.55. The number of nitrogens with one attached hydrogen (secondary N) is 1. The van der Waals surface area contributed by atoms with Crippen LogP contribution in [0.5, 0.6) is 0 Å². The van der Waals surface area contributed by atoms with Gasteiger partial charge in [0.25, 0.3) is 5.56 Å². The fraction of sp³-hybridized carbons (Fsp3) is 0.500. The number of nitrogen functional groups attached to an aromatic ring is 1. The number of imidazole rings is 2. The lowest BCUT2D eigenvalue weighted by atomic mass is 10.2. The number of nitrogens with two attached hydrogens (primary N) is 1. The molecule has 2 fully saturated rings. The van der Waals surface area contributed by atoms with Gasteiger partial charge in [0.1, 0.15) is 48.8 Å². The molecule has 232 valence electrons. The van der Waals surface area contributed by atoms with Crippen molar-refractivity contribution in [1.29, 1.82) is 0 Å². The quantitative estimate of drug-likeness (QED) is 0.119. The summed E-state index contributed by atoms with van der Waals surface area (Å²) in [6.45, 7) is -9.36. The first kappa shape index (κ1) is 30.6. The van der Waals surface area contributed by atoms with Crippen LogP contribution in [0.15, 0.2) is 30.1 Å². The van der Waals surface area contributed by atoms with E-state index >= 15 is 0 Å². The first-order valence-corrected chi connectivity index (χ1v) is 17.9. The van der Waals surface area contributed by atoms with E-state index in [1.165, 1.54) is 34.4 Å². The Labute approximate surface area is 250 Å². The molecule has 4 aromatic rings. The van der Waals surface area contributed by atoms with Crippen molar-refractivity contribution in [2.24, 2.45) is 0 Å². The fourth-order valence-corrected chi connectivity index (χ4v) is 6.90. The lowest BCUT2D eigenvalue weighted by Gasteiger charge is -2.23. The molecule has 4 N–H and O–H groups in total. The number of fused-ring (bicyclic) bond motifs is 2. The van der Waals surface area contributed by atoms with E-state index in [4.69, 9.17) is 28.8 Å². The number of ether oxygens (including phenoxy) is 2. The third-order valence-corrected chi connectivity index (χ3v) is 9.27. The van der Waals surface area contributed by atoms with Crippen LogP contribution < -0.4 is 11.3 Å². The number of anilines is 1. The average molecular weight is 680 g/mol. The van der Waals surface area contributed by atoms with Crippen LogP contribution in [0.4, 0.5) is 10.2 Å². The van der Waals surface area contributed by atoms with Crippen molar-refractivity contribution >= 4 is 66.2 Å². The summed E-state index contributed by atoms with van der Waals surface area (Å²) < 4.78 is 70.5. The molecule has 2 aliphatic heterocycles. The third kappa shape index (κ3) is 6.51. The van der Waals surface area contributed by atoms with Crippen LogP contribution in [0.1, 0.15) is 25.3 Å². The molecule has 43 heavy (non-hydrogen) atoms. The lowest BCUT2D eigenvalue weighted by Crippen LogP contribution is -2.28. The maximum atomic E-state index is 14.9. The molecule has 7 unspecified atom stereocenters. The Morgan fingerprint density at radius 1 is 1.00 bits per heavy atom. The van der Waals surface area contributed by atoms with Crippen LogP contribution >= 0.6 is 38.1 Å². The Kier molecular flexibility index (Phi) is 8.40. The van der Waals surface area contributed by atoms with E-state index in [2.05, 4.69) is 54.4 Å². The zero-order chi connectivity index (χ0) is 30.5. The maximum absolute atomic E-state index is 14.9. The van der Waals surface area contributed by atoms with Crippen LogP contribution in [0.3, 0.4) is 0 Å². The van der Waals surface area contributed by atoms with Gasteiger partial charge in [-0.3, -0.25) is 27.5 Å². The molecular formula is C20H24FN9O9P2S2. The first-order chi connectivity index (χ1) is 20.4. The van der Waals surface area contributed by atoms with E-state index < -0.39 is 69.3 Å². The highest BCUT2D eigenvalue weighted by atomic mass is 32.7. The number of aromatic nitrogens is 8. The molecule has 2 aliphatic rings. The van der Waals surface area contributed by atoms with Crippen LogP contribution in [-0.2, 0) is 32.2 Å². The SMILES string of the molecule is Nc1ncnc2c1ncn2C1C[C@H](OP(=O)(S)OCC2OC(n3cnc4c(=O)[nH]cnc43)CC2F)C(COP(=O)(O)S)O1. The highest BCUT2D eigenvalue weighted by molar-refractivity contribution is 8.44. The van der Waals surface area contributed by atoms with Crippen LogP contribution in [-0.4, -0.2) is 81.6 Å². The Morgan fingerprint density at radius 2 is 1.65 bits per heavy atom. The average Bonchev–Trinajstić information content (AvgIpc) is 3.71. The number of aromatic amines is 1. The molecule has 8 atom stereocenters. The number of alkyl halides is 1. The second kappa shape index (κ2) is 11.8. The topological polar surface area (TPSA) is 234 Å². The van der Waals surface area contributed by atoms with Crippen molar-refractivity contribution in [2.45, 2.75) is 49.8 Å². The molecular weight excluding hydrogens is 655 g/mol. The number of hydrogen-bond donors (Lipinski definition) is 5. The second-order valence-corrected chi connectivity index (χ2v) is 15.2. The van der Waals surface area contributed by atoms with Gasteiger partial charge < -0.3 is 25.1 Å². The minimum Gasteiger partial charge on any atom is -0.382 e. The molecule has 18 nitrogen and oxygen atoms in total. The zero-order valence-corrected chi connectivity index (χ0v) is 25.3. The molecule has 6 rings (SSSR count). The van der Waals surface area contributed by atoms with Crippen molar-refractivity contribution in [3.05, 3.63) is 35.7 Å². The normalized spacial score (nSPS) is 28.8. The monoisotopic (exact) mass is 679 g/mol. The van der Waals surface area contributed by atoms with Gasteiger partial charge in [-0.25, -0.2) is 38.4 Å². The molecule has 23 heteroatoms. The van der Waals surface area contributed by atoms with Gasteiger partial charge >= 0.3 is 13.6 Å². The van der Waals surface area contributed by atoms with E-state index in [0.717, 1.165) is 0 Å². The van der Waals surface area contributed by atoms with E-state index in [-0.39, 0.29) is 29.8 Å². The molecule has 0 saturated carbocycles. The molecule has 0 radical (unpaired) electrons. The predicted molar refractivity (Wildman–Crippen MR) is 152 cm³/mol. The van der Waals surface area contributed by atoms with Gasteiger partial charge in [-0.1, -0.05) is 24.5 Å². The molecule has 0 aromatic carbocycles. The third-order valence-electron chi connectivity index (χ3n) is 6.79. The summed E-state index contributed by atoms with van der Waals surface area (Å²) in [6, 6.07) is 0. The Bertz CT molecular complexity index is 1800. The van der Waals surface area contributed by atoms with Gasteiger partial charge in [0, 0.05) is 12.8 Å². The van der Waals surface area contributed by atoms with Gasteiger partial charge in [-0.05, 0) is 0 Å². The Hall–Kier alpha value is -2.45. The number of nitrogens with zero attached hydrogens (tertiary/aromatic N) is 7. The zero-order valence-electron chi connectivity index (χ0n) is 21.7. The summed E-state index contributed by atoms with van der Waals surface area (Å²) in [6.07, 6.45) is -1.32. The van der Waals surface area contributed by atoms with Crippen molar-refractivity contribution in [1.82, 2.24) is 39.0 Å². The molecule has 0 amide bonds. The van der Waals surface area contributed by atoms with E-state index in [0.29, 0.717) is 11.2 Å². The van der Waals surface area contributed by atoms with Crippen molar-refractivity contribution in [3.8, 4) is 0 Å². The number of hydrogen-bond acceptors (Lipinski definition) is 14.